The van der Waals surface area contributed by atoms with Crippen LogP contribution < -0.4 is 0 Å². The van der Waals surface area contributed by atoms with Crippen molar-refractivity contribution in [3.63, 3.8) is 0 Å². The highest BCUT2D eigenvalue weighted by molar-refractivity contribution is 9.10. The van der Waals surface area contributed by atoms with Crippen molar-refractivity contribution >= 4 is 44.2 Å². The molecular formula is C15H8BrClFNO. The number of aromatic amines is 1. The summed E-state index contributed by atoms with van der Waals surface area (Å²) in [6, 6.07) is 9.65. The van der Waals surface area contributed by atoms with Crippen LogP contribution in [-0.4, -0.2) is 10.8 Å². The lowest BCUT2D eigenvalue weighted by Crippen LogP contribution is -2.04. The van der Waals surface area contributed by atoms with Gasteiger partial charge in [-0.15, -0.1) is 0 Å². The number of hydrogen-bond donors (Lipinski definition) is 1. The van der Waals surface area contributed by atoms with Gasteiger partial charge in [-0.2, -0.15) is 0 Å². The third-order valence-electron chi connectivity index (χ3n) is 3.08. The molecule has 0 aliphatic heterocycles. The number of benzene rings is 2. The Hall–Kier alpha value is -1.65. The van der Waals surface area contributed by atoms with Crippen molar-refractivity contribution in [2.75, 3.05) is 0 Å². The van der Waals surface area contributed by atoms with Crippen LogP contribution in [0.4, 0.5) is 4.39 Å². The van der Waals surface area contributed by atoms with E-state index in [1.165, 1.54) is 6.07 Å². The van der Waals surface area contributed by atoms with Gasteiger partial charge in [0.2, 0.25) is 0 Å². The average Bonchev–Trinajstić information content (AvgIpc) is 2.81. The van der Waals surface area contributed by atoms with E-state index in [1.54, 1.807) is 36.5 Å². The molecule has 0 amide bonds. The standard InChI is InChI=1S/C15H8BrClFNO/c16-11-2-1-3-12(18)14(11)15(20)10-7-19-13-5-4-8(17)6-9(10)13/h1-7,19H. The summed E-state index contributed by atoms with van der Waals surface area (Å²) in [6.45, 7) is 0. The van der Waals surface area contributed by atoms with Crippen molar-refractivity contribution in [3.05, 3.63) is 69.0 Å². The van der Waals surface area contributed by atoms with Crippen LogP contribution in [0.1, 0.15) is 15.9 Å². The molecule has 2 nitrogen and oxygen atoms in total. The van der Waals surface area contributed by atoms with Crippen LogP contribution in [-0.2, 0) is 0 Å². The lowest BCUT2D eigenvalue weighted by Gasteiger charge is -2.04. The Morgan fingerprint density at radius 1 is 1.25 bits per heavy atom. The van der Waals surface area contributed by atoms with E-state index in [1.807, 2.05) is 0 Å². The molecule has 0 saturated heterocycles. The number of nitrogens with one attached hydrogen (secondary N) is 1. The number of fused-ring (bicyclic) bond motifs is 1. The molecule has 1 aromatic heterocycles. The number of carbonyl (C=O) groups is 1. The number of rotatable bonds is 2. The van der Waals surface area contributed by atoms with E-state index in [4.69, 9.17) is 11.6 Å². The van der Waals surface area contributed by atoms with Crippen molar-refractivity contribution in [2.45, 2.75) is 0 Å². The molecule has 0 bridgehead atoms. The van der Waals surface area contributed by atoms with Gasteiger partial charge in [0.25, 0.3) is 0 Å². The predicted molar refractivity (Wildman–Crippen MR) is 80.8 cm³/mol. The molecule has 5 heteroatoms. The summed E-state index contributed by atoms with van der Waals surface area (Å²) >= 11 is 9.17. The SMILES string of the molecule is O=C(c1c(F)cccc1Br)c1c[nH]c2ccc(Cl)cc12. The average molecular weight is 353 g/mol. The van der Waals surface area contributed by atoms with E-state index in [9.17, 15) is 9.18 Å². The van der Waals surface area contributed by atoms with E-state index in [0.717, 1.165) is 5.52 Å². The predicted octanol–water partition coefficient (Wildman–Crippen LogP) is 4.95. The fourth-order valence-corrected chi connectivity index (χ4v) is 2.82. The van der Waals surface area contributed by atoms with Gasteiger partial charge in [-0.25, -0.2) is 4.39 Å². The van der Waals surface area contributed by atoms with E-state index < -0.39 is 5.82 Å². The summed E-state index contributed by atoms with van der Waals surface area (Å²) in [6.07, 6.45) is 1.57. The molecule has 0 radical (unpaired) electrons. The van der Waals surface area contributed by atoms with Crippen LogP contribution >= 0.6 is 27.5 Å². The zero-order chi connectivity index (χ0) is 14.3. The number of ketones is 1. The molecule has 3 aromatic rings. The molecule has 0 aliphatic rings. The Bertz CT molecular complexity index is 808. The molecule has 0 aliphatic carbocycles. The van der Waals surface area contributed by atoms with Gasteiger partial charge in [-0.05, 0) is 46.3 Å². The largest absolute Gasteiger partial charge is 0.360 e. The van der Waals surface area contributed by atoms with E-state index in [0.29, 0.717) is 20.4 Å². The molecule has 100 valence electrons. The molecule has 20 heavy (non-hydrogen) atoms. The third kappa shape index (κ3) is 2.15. The van der Waals surface area contributed by atoms with Crippen LogP contribution in [0.5, 0.6) is 0 Å². The topological polar surface area (TPSA) is 32.9 Å². The minimum Gasteiger partial charge on any atom is -0.360 e. The third-order valence-corrected chi connectivity index (χ3v) is 3.97. The molecule has 2 aromatic carbocycles. The second kappa shape index (κ2) is 5.04. The lowest BCUT2D eigenvalue weighted by atomic mass is 10.0. The first kappa shape index (κ1) is 13.3. The molecule has 0 spiro atoms. The van der Waals surface area contributed by atoms with Crippen LogP contribution in [0.2, 0.25) is 5.02 Å². The quantitative estimate of drug-likeness (QED) is 0.650. The highest BCUT2D eigenvalue weighted by Crippen LogP contribution is 2.28. The van der Waals surface area contributed by atoms with Crippen molar-refractivity contribution in [2.24, 2.45) is 0 Å². The highest BCUT2D eigenvalue weighted by Gasteiger charge is 2.20. The second-order valence-electron chi connectivity index (χ2n) is 4.32. The fourth-order valence-electron chi connectivity index (χ4n) is 2.13. The van der Waals surface area contributed by atoms with Gasteiger partial charge in [0.1, 0.15) is 5.82 Å². The summed E-state index contributed by atoms with van der Waals surface area (Å²) in [5, 5.41) is 1.21. The summed E-state index contributed by atoms with van der Waals surface area (Å²) in [4.78, 5) is 15.5. The maximum absolute atomic E-state index is 13.9. The van der Waals surface area contributed by atoms with Crippen molar-refractivity contribution in [1.29, 1.82) is 0 Å². The molecule has 1 heterocycles. The lowest BCUT2D eigenvalue weighted by molar-refractivity contribution is 0.103. The van der Waals surface area contributed by atoms with Crippen molar-refractivity contribution < 1.29 is 9.18 Å². The first-order chi connectivity index (χ1) is 9.58. The molecule has 0 saturated carbocycles. The number of H-pyrrole nitrogens is 1. The van der Waals surface area contributed by atoms with Gasteiger partial charge in [-0.1, -0.05) is 17.7 Å². The summed E-state index contributed by atoms with van der Waals surface area (Å²) in [7, 11) is 0. The number of halogens is 3. The molecule has 0 fully saturated rings. The smallest absolute Gasteiger partial charge is 0.199 e. The zero-order valence-corrected chi connectivity index (χ0v) is 12.4. The van der Waals surface area contributed by atoms with E-state index in [-0.39, 0.29) is 11.3 Å². The van der Waals surface area contributed by atoms with E-state index in [2.05, 4.69) is 20.9 Å². The number of hydrogen-bond acceptors (Lipinski definition) is 1. The molecular weight excluding hydrogens is 345 g/mol. The first-order valence-electron chi connectivity index (χ1n) is 5.83. The second-order valence-corrected chi connectivity index (χ2v) is 5.61. The molecule has 3 rings (SSSR count). The van der Waals surface area contributed by atoms with Crippen LogP contribution in [0, 0.1) is 5.82 Å². The Balaban J connectivity index is 2.21. The Morgan fingerprint density at radius 2 is 2.05 bits per heavy atom. The van der Waals surface area contributed by atoms with Gasteiger partial charge < -0.3 is 4.98 Å². The molecule has 0 unspecified atom stereocenters. The van der Waals surface area contributed by atoms with Gasteiger partial charge in [0.15, 0.2) is 5.78 Å². The van der Waals surface area contributed by atoms with Crippen LogP contribution in [0.15, 0.2) is 47.1 Å². The normalized spacial score (nSPS) is 10.9. The Kier molecular flexibility index (Phi) is 3.36. The van der Waals surface area contributed by atoms with Crippen LogP contribution in [0.3, 0.4) is 0 Å². The zero-order valence-electron chi connectivity index (χ0n) is 10.1. The van der Waals surface area contributed by atoms with Gasteiger partial charge in [0, 0.05) is 32.2 Å². The fraction of sp³-hybridized carbons (Fsp3) is 0. The first-order valence-corrected chi connectivity index (χ1v) is 7.00. The van der Waals surface area contributed by atoms with Gasteiger partial charge in [-0.3, -0.25) is 4.79 Å². The van der Waals surface area contributed by atoms with E-state index >= 15 is 0 Å². The summed E-state index contributed by atoms with van der Waals surface area (Å²) in [5.74, 6) is -0.941. The maximum atomic E-state index is 13.9. The van der Waals surface area contributed by atoms with Crippen molar-refractivity contribution in [3.8, 4) is 0 Å². The molecule has 0 atom stereocenters. The minimum absolute atomic E-state index is 0.0216. The summed E-state index contributed by atoms with van der Waals surface area (Å²) < 4.78 is 14.3. The van der Waals surface area contributed by atoms with Crippen LogP contribution in [0.25, 0.3) is 10.9 Å². The Labute approximate surface area is 127 Å². The Morgan fingerprint density at radius 3 is 2.80 bits per heavy atom. The number of aromatic nitrogens is 1. The maximum Gasteiger partial charge on any atom is 0.199 e. The minimum atomic E-state index is -0.555. The highest BCUT2D eigenvalue weighted by atomic mass is 79.9. The monoisotopic (exact) mass is 351 g/mol. The summed E-state index contributed by atoms with van der Waals surface area (Å²) in [5.41, 5.74) is 1.20. The molecule has 1 N–H and O–H groups in total. The van der Waals surface area contributed by atoms with Crippen molar-refractivity contribution in [1.82, 2.24) is 4.98 Å². The van der Waals surface area contributed by atoms with Gasteiger partial charge >= 0.3 is 0 Å². The number of carbonyl (C=O) groups excluding carboxylic acids is 1. The van der Waals surface area contributed by atoms with Gasteiger partial charge in [0.05, 0.1) is 5.56 Å².